The fourth-order valence-corrected chi connectivity index (χ4v) is 3.70. The van der Waals surface area contributed by atoms with E-state index in [0.29, 0.717) is 12.2 Å². The fraction of sp³-hybridized carbons (Fsp3) is 0.533. The third-order valence-corrected chi connectivity index (χ3v) is 6.11. The summed E-state index contributed by atoms with van der Waals surface area (Å²) < 4.78 is 0. The van der Waals surface area contributed by atoms with Gasteiger partial charge in [-0.25, -0.2) is 0 Å². The summed E-state index contributed by atoms with van der Waals surface area (Å²) in [5, 5.41) is 21.4. The molecule has 0 bridgehead atoms. The van der Waals surface area contributed by atoms with Crippen LogP contribution in [0.3, 0.4) is 0 Å². The first kappa shape index (κ1) is 17.4. The van der Waals surface area contributed by atoms with Gasteiger partial charge in [0.25, 0.3) is 0 Å². The maximum absolute atomic E-state index is 10.8. The predicted molar refractivity (Wildman–Crippen MR) is 88.1 cm³/mol. The van der Waals surface area contributed by atoms with Gasteiger partial charge >= 0.3 is 0 Å². The van der Waals surface area contributed by atoms with Crippen molar-refractivity contribution in [3.05, 3.63) is 29.8 Å². The van der Waals surface area contributed by atoms with Gasteiger partial charge in [0.2, 0.25) is 0 Å². The highest BCUT2D eigenvalue weighted by molar-refractivity contribution is 8.13. The third kappa shape index (κ3) is 5.40. The summed E-state index contributed by atoms with van der Waals surface area (Å²) in [5.74, 6) is 0.528. The van der Waals surface area contributed by atoms with Gasteiger partial charge in [-0.2, -0.15) is 0 Å². The Balaban J connectivity index is 2.62. The van der Waals surface area contributed by atoms with Crippen molar-refractivity contribution in [2.75, 3.05) is 5.75 Å². The smallest absolute Gasteiger partial charge is 0.185 e. The fourth-order valence-electron chi connectivity index (χ4n) is 1.88. The van der Waals surface area contributed by atoms with E-state index in [-0.39, 0.29) is 5.12 Å². The van der Waals surface area contributed by atoms with E-state index in [4.69, 9.17) is 0 Å². The number of carbonyl (C=O) groups excluding carboxylic acids is 1. The molecule has 0 spiro atoms. The van der Waals surface area contributed by atoms with Crippen molar-refractivity contribution in [1.29, 1.82) is 0 Å². The van der Waals surface area contributed by atoms with Crippen molar-refractivity contribution in [3.63, 3.8) is 0 Å². The van der Waals surface area contributed by atoms with Crippen LogP contribution in [0.25, 0.3) is 0 Å². The van der Waals surface area contributed by atoms with Crippen LogP contribution in [-0.2, 0) is 4.79 Å². The standard InChI is InChI=1S/C15H24O3SSi/c1-11(16)19-10-9-14(17)15(18)12-5-7-13(8-6-12)20(2,3)4/h5-8,14-15,17-18H,9-10H2,1-4H3. The molecule has 20 heavy (non-hydrogen) atoms. The molecule has 0 radical (unpaired) electrons. The van der Waals surface area contributed by atoms with Crippen molar-refractivity contribution < 1.29 is 15.0 Å². The van der Waals surface area contributed by atoms with Crippen molar-refractivity contribution in [2.24, 2.45) is 0 Å². The Labute approximate surface area is 126 Å². The lowest BCUT2D eigenvalue weighted by atomic mass is 10.0. The van der Waals surface area contributed by atoms with Crippen LogP contribution < -0.4 is 5.19 Å². The first-order chi connectivity index (χ1) is 9.21. The zero-order valence-electron chi connectivity index (χ0n) is 12.6. The molecule has 0 amide bonds. The van der Waals surface area contributed by atoms with Crippen LogP contribution in [0.5, 0.6) is 0 Å². The van der Waals surface area contributed by atoms with E-state index in [0.717, 1.165) is 5.56 Å². The molecule has 2 unspecified atom stereocenters. The van der Waals surface area contributed by atoms with E-state index in [2.05, 4.69) is 19.6 Å². The summed E-state index contributed by atoms with van der Waals surface area (Å²) in [6.45, 7) is 8.31. The maximum atomic E-state index is 10.8. The molecule has 0 saturated heterocycles. The Morgan fingerprint density at radius 3 is 2.20 bits per heavy atom. The number of aliphatic hydroxyl groups excluding tert-OH is 2. The Morgan fingerprint density at radius 2 is 1.75 bits per heavy atom. The second kappa shape index (κ2) is 7.40. The van der Waals surface area contributed by atoms with Crippen LogP contribution in [0.1, 0.15) is 25.0 Å². The van der Waals surface area contributed by atoms with Gasteiger partial charge < -0.3 is 10.2 Å². The van der Waals surface area contributed by atoms with Gasteiger partial charge in [0.15, 0.2) is 5.12 Å². The molecule has 1 rings (SSSR count). The molecule has 2 atom stereocenters. The number of hydrogen-bond donors (Lipinski definition) is 2. The van der Waals surface area contributed by atoms with Gasteiger partial charge in [-0.15, -0.1) is 0 Å². The molecule has 1 aromatic carbocycles. The summed E-state index contributed by atoms with van der Waals surface area (Å²) in [6, 6.07) is 7.86. The van der Waals surface area contributed by atoms with E-state index in [9.17, 15) is 15.0 Å². The molecule has 1 aromatic rings. The highest BCUT2D eigenvalue weighted by Crippen LogP contribution is 2.20. The number of rotatable bonds is 6. The van der Waals surface area contributed by atoms with Crippen LogP contribution in [0.2, 0.25) is 19.6 Å². The van der Waals surface area contributed by atoms with Gasteiger partial charge in [0.05, 0.1) is 14.2 Å². The van der Waals surface area contributed by atoms with Crippen LogP contribution >= 0.6 is 11.8 Å². The van der Waals surface area contributed by atoms with Crippen LogP contribution in [0.4, 0.5) is 0 Å². The molecule has 0 aliphatic rings. The van der Waals surface area contributed by atoms with E-state index < -0.39 is 20.3 Å². The summed E-state index contributed by atoms with van der Waals surface area (Å²) >= 11 is 1.17. The van der Waals surface area contributed by atoms with E-state index in [1.54, 1.807) is 0 Å². The van der Waals surface area contributed by atoms with Crippen molar-refractivity contribution in [2.45, 2.75) is 45.2 Å². The van der Waals surface area contributed by atoms with E-state index in [1.165, 1.54) is 23.9 Å². The van der Waals surface area contributed by atoms with Gasteiger partial charge in [0, 0.05) is 12.7 Å². The summed E-state index contributed by atoms with van der Waals surface area (Å²) in [6.07, 6.45) is -1.32. The molecular weight excluding hydrogens is 288 g/mol. The van der Waals surface area contributed by atoms with Gasteiger partial charge in [0.1, 0.15) is 6.10 Å². The van der Waals surface area contributed by atoms with Crippen molar-refractivity contribution >= 4 is 30.1 Å². The lowest BCUT2D eigenvalue weighted by molar-refractivity contribution is -0.109. The van der Waals surface area contributed by atoms with E-state index >= 15 is 0 Å². The summed E-state index contributed by atoms with van der Waals surface area (Å²) in [4.78, 5) is 10.8. The molecule has 0 fully saturated rings. The Hall–Kier alpha value is -0.623. The molecule has 0 heterocycles. The van der Waals surface area contributed by atoms with Gasteiger partial charge in [-0.3, -0.25) is 4.79 Å². The van der Waals surface area contributed by atoms with Gasteiger partial charge in [-0.05, 0) is 12.0 Å². The minimum Gasteiger partial charge on any atom is -0.390 e. The monoisotopic (exact) mass is 312 g/mol. The normalized spacial score (nSPS) is 14.9. The highest BCUT2D eigenvalue weighted by Gasteiger charge is 2.20. The van der Waals surface area contributed by atoms with Crippen molar-refractivity contribution in [3.8, 4) is 0 Å². The number of aliphatic hydroxyl groups is 2. The summed E-state index contributed by atoms with van der Waals surface area (Å²) in [7, 11) is -1.34. The number of hydrogen-bond acceptors (Lipinski definition) is 4. The molecule has 5 heteroatoms. The first-order valence-corrected chi connectivity index (χ1v) is 11.3. The SMILES string of the molecule is CC(=O)SCCC(O)C(O)c1ccc([Si](C)(C)C)cc1. The average Bonchev–Trinajstić information content (AvgIpc) is 2.36. The maximum Gasteiger partial charge on any atom is 0.185 e. The second-order valence-corrected chi connectivity index (χ2v) is 12.4. The van der Waals surface area contributed by atoms with Crippen LogP contribution in [0, 0.1) is 0 Å². The minimum atomic E-state index is -1.34. The molecule has 0 aliphatic carbocycles. The predicted octanol–water partition coefficient (Wildman–Crippen LogP) is 2.30. The molecule has 0 aliphatic heterocycles. The Kier molecular flexibility index (Phi) is 6.45. The summed E-state index contributed by atoms with van der Waals surface area (Å²) in [5.41, 5.74) is 0.729. The largest absolute Gasteiger partial charge is 0.390 e. The minimum absolute atomic E-state index is 0.0335. The second-order valence-electron chi connectivity index (χ2n) is 6.01. The van der Waals surface area contributed by atoms with Crippen molar-refractivity contribution in [1.82, 2.24) is 0 Å². The molecule has 3 nitrogen and oxygen atoms in total. The molecule has 2 N–H and O–H groups in total. The average molecular weight is 313 g/mol. The van der Waals surface area contributed by atoms with Crippen LogP contribution in [0.15, 0.2) is 24.3 Å². The lowest BCUT2D eigenvalue weighted by Gasteiger charge is -2.20. The molecule has 0 aromatic heterocycles. The third-order valence-electron chi connectivity index (χ3n) is 3.20. The molecule has 112 valence electrons. The molecular formula is C15H24O3SSi. The number of thioether (sulfide) groups is 1. The quantitative estimate of drug-likeness (QED) is 0.791. The Bertz CT molecular complexity index is 439. The zero-order chi connectivity index (χ0) is 15.3. The first-order valence-electron chi connectivity index (χ1n) is 6.81. The number of benzene rings is 1. The van der Waals surface area contributed by atoms with Crippen LogP contribution in [-0.4, -0.2) is 35.3 Å². The molecule has 0 saturated carbocycles. The lowest BCUT2D eigenvalue weighted by Crippen LogP contribution is -2.37. The van der Waals surface area contributed by atoms with Gasteiger partial charge in [-0.1, -0.05) is 60.9 Å². The number of carbonyl (C=O) groups is 1. The zero-order valence-corrected chi connectivity index (χ0v) is 14.4. The topological polar surface area (TPSA) is 57.5 Å². The Morgan fingerprint density at radius 1 is 1.20 bits per heavy atom. The highest BCUT2D eigenvalue weighted by atomic mass is 32.2. The van der Waals surface area contributed by atoms with E-state index in [1.807, 2.05) is 24.3 Å².